The second kappa shape index (κ2) is 7.04. The van der Waals surface area contributed by atoms with Gasteiger partial charge in [-0.05, 0) is 24.3 Å². The van der Waals surface area contributed by atoms with Crippen LogP contribution in [0.5, 0.6) is 0 Å². The third kappa shape index (κ3) is 3.34. The Hall–Kier alpha value is -2.02. The van der Waals surface area contributed by atoms with Crippen molar-refractivity contribution in [1.82, 2.24) is 14.8 Å². The Labute approximate surface area is 142 Å². The van der Waals surface area contributed by atoms with E-state index in [-0.39, 0.29) is 5.33 Å². The average molecular weight is 374 g/mol. The first-order valence-corrected chi connectivity index (χ1v) is 8.30. The predicted molar refractivity (Wildman–Crippen MR) is 91.6 cm³/mol. The van der Waals surface area contributed by atoms with Crippen LogP contribution in [-0.4, -0.2) is 36.4 Å². The van der Waals surface area contributed by atoms with Gasteiger partial charge in [0.25, 0.3) is 0 Å². The van der Waals surface area contributed by atoms with Crippen LogP contribution in [0.25, 0.3) is 16.9 Å². The number of hydrogen-bond acceptors (Lipinski definition) is 4. The molecule has 0 saturated heterocycles. The van der Waals surface area contributed by atoms with Gasteiger partial charge in [-0.15, -0.1) is 0 Å². The van der Waals surface area contributed by atoms with Crippen molar-refractivity contribution >= 4 is 15.9 Å². The van der Waals surface area contributed by atoms with Crippen LogP contribution in [0.3, 0.4) is 0 Å². The van der Waals surface area contributed by atoms with E-state index in [1.54, 1.807) is 23.3 Å². The largest absolute Gasteiger partial charge is 0.389 e. The lowest BCUT2D eigenvalue weighted by atomic mass is 10.0. The Kier molecular flexibility index (Phi) is 4.85. The van der Waals surface area contributed by atoms with E-state index < -0.39 is 12.2 Å². The summed E-state index contributed by atoms with van der Waals surface area (Å²) in [6, 6.07) is 13.3. The second-order valence-corrected chi connectivity index (χ2v) is 5.76. The van der Waals surface area contributed by atoms with Gasteiger partial charge in [0, 0.05) is 35.0 Å². The van der Waals surface area contributed by atoms with Crippen LogP contribution in [-0.2, 0) is 0 Å². The molecule has 5 nitrogen and oxygen atoms in total. The molecule has 0 aliphatic heterocycles. The molecule has 0 fully saturated rings. The van der Waals surface area contributed by atoms with Crippen molar-refractivity contribution < 1.29 is 10.2 Å². The summed E-state index contributed by atoms with van der Waals surface area (Å²) in [4.78, 5) is 4.01. The van der Waals surface area contributed by atoms with Crippen molar-refractivity contribution in [2.24, 2.45) is 0 Å². The highest BCUT2D eigenvalue weighted by Crippen LogP contribution is 2.30. The molecule has 2 unspecified atom stereocenters. The highest BCUT2D eigenvalue weighted by molar-refractivity contribution is 9.09. The molecule has 0 aliphatic carbocycles. The van der Waals surface area contributed by atoms with Crippen molar-refractivity contribution in [3.63, 3.8) is 0 Å². The van der Waals surface area contributed by atoms with Gasteiger partial charge < -0.3 is 10.2 Å². The van der Waals surface area contributed by atoms with Gasteiger partial charge in [0.15, 0.2) is 0 Å². The molecule has 0 spiro atoms. The van der Waals surface area contributed by atoms with Crippen LogP contribution in [0, 0.1) is 0 Å². The van der Waals surface area contributed by atoms with Gasteiger partial charge in [-0.25, -0.2) is 4.68 Å². The molecule has 23 heavy (non-hydrogen) atoms. The molecule has 2 N–H and O–H groups in total. The molecule has 2 aromatic heterocycles. The Morgan fingerprint density at radius 3 is 2.39 bits per heavy atom. The molecule has 0 aliphatic rings. The quantitative estimate of drug-likeness (QED) is 0.674. The number of pyridine rings is 1. The highest BCUT2D eigenvalue weighted by atomic mass is 79.9. The van der Waals surface area contributed by atoms with Crippen molar-refractivity contribution in [3.8, 4) is 16.9 Å². The summed E-state index contributed by atoms with van der Waals surface area (Å²) in [6.45, 7) is 0. The third-order valence-electron chi connectivity index (χ3n) is 3.56. The number of para-hydroxylation sites is 1. The van der Waals surface area contributed by atoms with Crippen LogP contribution >= 0.6 is 15.9 Å². The van der Waals surface area contributed by atoms with E-state index >= 15 is 0 Å². The first-order valence-electron chi connectivity index (χ1n) is 7.18. The molecule has 6 heteroatoms. The molecular formula is C17H16BrN3O2. The Balaban J connectivity index is 2.11. The number of hydrogen-bond donors (Lipinski definition) is 2. The lowest BCUT2D eigenvalue weighted by Gasteiger charge is -2.15. The summed E-state index contributed by atoms with van der Waals surface area (Å²) in [7, 11) is 0. The number of benzene rings is 1. The maximum Gasteiger partial charge on any atom is 0.109 e. The summed E-state index contributed by atoms with van der Waals surface area (Å²) < 4.78 is 1.70. The smallest absolute Gasteiger partial charge is 0.109 e. The van der Waals surface area contributed by atoms with Crippen molar-refractivity contribution in [2.75, 3.05) is 5.33 Å². The van der Waals surface area contributed by atoms with Gasteiger partial charge in [-0.2, -0.15) is 5.10 Å². The molecule has 0 bridgehead atoms. The molecule has 2 atom stereocenters. The van der Waals surface area contributed by atoms with E-state index in [1.807, 2.05) is 42.5 Å². The van der Waals surface area contributed by atoms with Crippen molar-refractivity contribution in [1.29, 1.82) is 0 Å². The van der Waals surface area contributed by atoms with Gasteiger partial charge in [0.1, 0.15) is 6.10 Å². The molecule has 1 aromatic carbocycles. The molecular weight excluding hydrogens is 358 g/mol. The molecule has 118 valence electrons. The first kappa shape index (κ1) is 15.9. The van der Waals surface area contributed by atoms with Crippen molar-refractivity contribution in [2.45, 2.75) is 12.2 Å². The highest BCUT2D eigenvalue weighted by Gasteiger charge is 2.24. The van der Waals surface area contributed by atoms with Crippen molar-refractivity contribution in [3.05, 3.63) is 66.6 Å². The Morgan fingerprint density at radius 1 is 1.04 bits per heavy atom. The second-order valence-electron chi connectivity index (χ2n) is 5.12. The molecule has 3 rings (SSSR count). The maximum absolute atomic E-state index is 10.4. The molecule has 0 amide bonds. The molecule has 3 aromatic rings. The van der Waals surface area contributed by atoms with Crippen LogP contribution in [0.4, 0.5) is 0 Å². The number of aromatic nitrogens is 3. The van der Waals surface area contributed by atoms with Gasteiger partial charge in [0.2, 0.25) is 0 Å². The zero-order valence-electron chi connectivity index (χ0n) is 12.2. The summed E-state index contributed by atoms with van der Waals surface area (Å²) in [5, 5.41) is 25.3. The lowest BCUT2D eigenvalue weighted by Crippen LogP contribution is -2.19. The van der Waals surface area contributed by atoms with E-state index in [2.05, 4.69) is 26.0 Å². The van der Waals surface area contributed by atoms with E-state index in [4.69, 9.17) is 0 Å². The van der Waals surface area contributed by atoms with Crippen LogP contribution < -0.4 is 0 Å². The van der Waals surface area contributed by atoms with Gasteiger partial charge in [0.05, 0.1) is 17.5 Å². The van der Waals surface area contributed by atoms with E-state index in [1.165, 1.54) is 0 Å². The summed E-state index contributed by atoms with van der Waals surface area (Å²) >= 11 is 3.20. The fraction of sp³-hybridized carbons (Fsp3) is 0.176. The minimum atomic E-state index is -1.03. The average Bonchev–Trinajstić information content (AvgIpc) is 3.07. The fourth-order valence-electron chi connectivity index (χ4n) is 2.34. The van der Waals surface area contributed by atoms with Gasteiger partial charge in [-0.3, -0.25) is 4.98 Å². The number of nitrogens with zero attached hydrogens (tertiary/aromatic N) is 3. The summed E-state index contributed by atoms with van der Waals surface area (Å²) in [5.41, 5.74) is 2.93. The van der Waals surface area contributed by atoms with Gasteiger partial charge in [-0.1, -0.05) is 34.1 Å². The topological polar surface area (TPSA) is 71.2 Å². The minimum absolute atomic E-state index is 0.278. The monoisotopic (exact) mass is 373 g/mol. The van der Waals surface area contributed by atoms with Gasteiger partial charge >= 0.3 is 0 Å². The normalized spacial score (nSPS) is 13.7. The van der Waals surface area contributed by atoms with E-state index in [0.717, 1.165) is 11.3 Å². The fourth-order valence-corrected chi connectivity index (χ4v) is 2.70. The number of alkyl halides is 1. The summed E-state index contributed by atoms with van der Waals surface area (Å²) in [6.07, 6.45) is 3.16. The number of aliphatic hydroxyl groups excluding tert-OH is 2. The zero-order valence-corrected chi connectivity index (χ0v) is 13.8. The third-order valence-corrected chi connectivity index (χ3v) is 4.22. The first-order chi connectivity index (χ1) is 11.2. The molecule has 0 radical (unpaired) electrons. The zero-order chi connectivity index (χ0) is 16.2. The van der Waals surface area contributed by atoms with Crippen LogP contribution in [0.1, 0.15) is 11.7 Å². The molecule has 2 heterocycles. The van der Waals surface area contributed by atoms with E-state index in [0.29, 0.717) is 11.3 Å². The predicted octanol–water partition coefficient (Wildman–Crippen LogP) is 2.72. The summed E-state index contributed by atoms with van der Waals surface area (Å²) in [5.74, 6) is 0. The lowest BCUT2D eigenvalue weighted by molar-refractivity contribution is 0.0346. The van der Waals surface area contributed by atoms with Crippen LogP contribution in [0.2, 0.25) is 0 Å². The SMILES string of the molecule is OC(CBr)C(O)c1cn(-c2ccccc2)nc1-c1ccncc1. The number of rotatable bonds is 5. The number of halogens is 1. The maximum atomic E-state index is 10.4. The standard InChI is InChI=1S/C17H16BrN3O2/c18-10-15(22)17(23)14-11-21(13-4-2-1-3-5-13)20-16(14)12-6-8-19-9-7-12/h1-9,11,15,17,22-23H,10H2. The van der Waals surface area contributed by atoms with Crippen LogP contribution in [0.15, 0.2) is 61.1 Å². The minimum Gasteiger partial charge on any atom is -0.389 e. The Morgan fingerprint density at radius 2 is 1.74 bits per heavy atom. The number of aliphatic hydroxyl groups is 2. The molecule has 0 saturated carbocycles. The van der Waals surface area contributed by atoms with E-state index in [9.17, 15) is 10.2 Å². The Bertz CT molecular complexity index is 762.